The molecular formula is C28H39NO9. The maximum atomic E-state index is 12.3. The molecule has 2 aliphatic rings. The summed E-state index contributed by atoms with van der Waals surface area (Å²) in [5, 5.41) is 41.3. The molecular weight excluding hydrogens is 494 g/mol. The third-order valence-electron chi connectivity index (χ3n) is 6.42. The fourth-order valence-corrected chi connectivity index (χ4v) is 4.28. The standard InChI is InChI=1S/C26H33NO9.C2H6/c1-5-13(3)18(14(4)6-2)17-9-7-8-15-10-11-16(34-22(15)17)12-27-26(33)36-25-21(30)19(28)20(29)23(35-25)24(31)32;1-2/h5-9,16,19-21,23,25,28-30H,1,10-12H2,2-4H3,(H,27,33)(H,31,32);1-2H3/b14-6-,18-13+;/t16-,19?,20?,21?,23?,25?;/m1./s1. The summed E-state index contributed by atoms with van der Waals surface area (Å²) in [6.07, 6.45) is -5.39. The van der Waals surface area contributed by atoms with Gasteiger partial charge in [-0.25, -0.2) is 9.59 Å². The molecule has 10 heteroatoms. The highest BCUT2D eigenvalue weighted by Gasteiger charge is 2.48. The zero-order valence-corrected chi connectivity index (χ0v) is 22.5. The van der Waals surface area contributed by atoms with Crippen LogP contribution in [0.25, 0.3) is 5.57 Å². The van der Waals surface area contributed by atoms with Gasteiger partial charge in [0.05, 0.1) is 6.54 Å². The van der Waals surface area contributed by atoms with Crippen LogP contribution in [-0.2, 0) is 20.7 Å². The largest absolute Gasteiger partial charge is 0.488 e. The predicted molar refractivity (Wildman–Crippen MR) is 142 cm³/mol. The Bertz CT molecular complexity index is 1060. The number of carbonyl (C=O) groups excluding carboxylic acids is 1. The van der Waals surface area contributed by atoms with Crippen molar-refractivity contribution in [2.45, 2.75) is 84.3 Å². The van der Waals surface area contributed by atoms with Crippen molar-refractivity contribution in [3.05, 3.63) is 59.2 Å². The molecule has 1 aromatic carbocycles. The molecule has 1 saturated heterocycles. The Kier molecular flexibility index (Phi) is 11.5. The average Bonchev–Trinajstić information content (AvgIpc) is 2.92. The molecule has 1 fully saturated rings. The number of hydrogen-bond acceptors (Lipinski definition) is 8. The van der Waals surface area contributed by atoms with E-state index in [2.05, 4.69) is 11.9 Å². The van der Waals surface area contributed by atoms with E-state index >= 15 is 0 Å². The summed E-state index contributed by atoms with van der Waals surface area (Å²) < 4.78 is 16.2. The molecule has 0 aromatic heterocycles. The highest BCUT2D eigenvalue weighted by molar-refractivity contribution is 5.85. The molecule has 0 bridgehead atoms. The molecule has 1 aromatic rings. The van der Waals surface area contributed by atoms with Crippen molar-refractivity contribution < 1.29 is 44.2 Å². The monoisotopic (exact) mass is 533 g/mol. The Morgan fingerprint density at radius 1 is 1.16 bits per heavy atom. The van der Waals surface area contributed by atoms with Gasteiger partial charge < -0.3 is 40.0 Å². The van der Waals surface area contributed by atoms with Crippen molar-refractivity contribution in [1.29, 1.82) is 0 Å². The van der Waals surface area contributed by atoms with Crippen molar-refractivity contribution in [3.8, 4) is 5.75 Å². The SMILES string of the molecule is C=C/C(C)=C(\C(C)=C/C)c1cccc2c1O[C@@H](CNC(=O)OC1OC(C(=O)O)C(O)C(O)C1O)CC2.CC. The normalized spacial score (nSPS) is 27.4. The van der Waals surface area contributed by atoms with Crippen LogP contribution in [0, 0.1) is 0 Å². The second kappa shape index (κ2) is 14.1. The first-order valence-corrected chi connectivity index (χ1v) is 12.7. The zero-order chi connectivity index (χ0) is 28.6. The molecule has 210 valence electrons. The Hall–Kier alpha value is -3.18. The number of para-hydroxylation sites is 1. The number of aliphatic hydroxyl groups is 3. The third kappa shape index (κ3) is 7.02. The number of allylic oxidation sites excluding steroid dienone is 5. The van der Waals surface area contributed by atoms with E-state index in [0.717, 1.165) is 40.0 Å². The summed E-state index contributed by atoms with van der Waals surface area (Å²) in [5.74, 6) is -0.838. The van der Waals surface area contributed by atoms with Crippen molar-refractivity contribution >= 4 is 17.6 Å². The number of aliphatic carboxylic acids is 1. The van der Waals surface area contributed by atoms with Crippen LogP contribution in [0.3, 0.4) is 0 Å². The Morgan fingerprint density at radius 3 is 2.45 bits per heavy atom. The molecule has 0 radical (unpaired) electrons. The summed E-state index contributed by atoms with van der Waals surface area (Å²) in [7, 11) is 0. The van der Waals surface area contributed by atoms with Gasteiger partial charge in [0.2, 0.25) is 6.29 Å². The Labute approximate surface area is 223 Å². The van der Waals surface area contributed by atoms with Gasteiger partial charge >= 0.3 is 12.1 Å². The van der Waals surface area contributed by atoms with Gasteiger partial charge in [-0.05, 0) is 55.9 Å². The fourth-order valence-electron chi connectivity index (χ4n) is 4.28. The van der Waals surface area contributed by atoms with E-state index in [1.165, 1.54) is 0 Å². The number of aliphatic hydroxyl groups excluding tert-OH is 3. The molecule has 6 atom stereocenters. The molecule has 5 unspecified atom stereocenters. The van der Waals surface area contributed by atoms with Gasteiger partial charge in [0, 0.05) is 5.56 Å². The van der Waals surface area contributed by atoms with E-state index in [1.807, 2.05) is 58.9 Å². The van der Waals surface area contributed by atoms with Gasteiger partial charge in [0.25, 0.3) is 0 Å². The summed E-state index contributed by atoms with van der Waals surface area (Å²) in [5.41, 5.74) is 5.08. The lowest BCUT2D eigenvalue weighted by Gasteiger charge is -2.38. The predicted octanol–water partition coefficient (Wildman–Crippen LogP) is 2.95. The number of ether oxygens (including phenoxy) is 3. The molecule has 0 spiro atoms. The van der Waals surface area contributed by atoms with Crippen LogP contribution in [0.1, 0.15) is 52.2 Å². The van der Waals surface area contributed by atoms with Gasteiger partial charge in [0.1, 0.15) is 30.2 Å². The number of rotatable bonds is 7. The van der Waals surface area contributed by atoms with Gasteiger partial charge in [0.15, 0.2) is 6.10 Å². The molecule has 3 rings (SSSR count). The second-order valence-electron chi connectivity index (χ2n) is 8.83. The topological polar surface area (TPSA) is 155 Å². The first kappa shape index (κ1) is 31.0. The first-order chi connectivity index (χ1) is 18.1. The fraction of sp³-hybridized carbons (Fsp3) is 0.500. The first-order valence-electron chi connectivity index (χ1n) is 12.7. The maximum Gasteiger partial charge on any atom is 0.409 e. The van der Waals surface area contributed by atoms with Crippen molar-refractivity contribution in [3.63, 3.8) is 0 Å². The number of carboxylic acid groups (broad SMARTS) is 1. The van der Waals surface area contributed by atoms with Crippen LogP contribution in [0.15, 0.2) is 48.1 Å². The number of fused-ring (bicyclic) bond motifs is 1. The van der Waals surface area contributed by atoms with Crippen LogP contribution in [0.5, 0.6) is 5.75 Å². The van der Waals surface area contributed by atoms with Crippen LogP contribution in [0.4, 0.5) is 4.79 Å². The molecule has 5 N–H and O–H groups in total. The number of aryl methyl sites for hydroxylation is 1. The highest BCUT2D eigenvalue weighted by Crippen LogP contribution is 2.39. The molecule has 2 heterocycles. The number of benzene rings is 1. The van der Waals surface area contributed by atoms with Crippen molar-refractivity contribution in [2.24, 2.45) is 0 Å². The van der Waals surface area contributed by atoms with Gasteiger partial charge in [-0.15, -0.1) is 0 Å². The maximum absolute atomic E-state index is 12.3. The third-order valence-corrected chi connectivity index (χ3v) is 6.42. The van der Waals surface area contributed by atoms with E-state index in [0.29, 0.717) is 6.42 Å². The summed E-state index contributed by atoms with van der Waals surface area (Å²) in [6, 6.07) is 5.97. The minimum Gasteiger partial charge on any atom is -0.488 e. The van der Waals surface area contributed by atoms with E-state index in [1.54, 1.807) is 6.08 Å². The number of carbonyl (C=O) groups is 2. The lowest BCUT2D eigenvalue weighted by atomic mass is 9.89. The Morgan fingerprint density at radius 2 is 1.84 bits per heavy atom. The van der Waals surface area contributed by atoms with E-state index < -0.39 is 42.8 Å². The van der Waals surface area contributed by atoms with Gasteiger partial charge in [-0.2, -0.15) is 0 Å². The lowest BCUT2D eigenvalue weighted by Crippen LogP contribution is -2.61. The number of nitrogens with one attached hydrogen (secondary N) is 1. The van der Waals surface area contributed by atoms with Crippen LogP contribution in [0.2, 0.25) is 0 Å². The smallest absolute Gasteiger partial charge is 0.409 e. The summed E-state index contributed by atoms with van der Waals surface area (Å²) in [6.45, 7) is 13.9. The summed E-state index contributed by atoms with van der Waals surface area (Å²) >= 11 is 0. The van der Waals surface area contributed by atoms with Crippen LogP contribution in [-0.4, -0.2) is 75.8 Å². The van der Waals surface area contributed by atoms with Gasteiger partial charge in [-0.3, -0.25) is 0 Å². The van der Waals surface area contributed by atoms with Crippen LogP contribution >= 0.6 is 0 Å². The molecule has 0 saturated carbocycles. The van der Waals surface area contributed by atoms with Crippen molar-refractivity contribution in [1.82, 2.24) is 5.32 Å². The molecule has 10 nitrogen and oxygen atoms in total. The number of hydrogen-bond donors (Lipinski definition) is 5. The molecule has 38 heavy (non-hydrogen) atoms. The number of alkyl carbamates (subject to hydrolysis) is 1. The van der Waals surface area contributed by atoms with Gasteiger partial charge in [-0.1, -0.05) is 50.8 Å². The number of amides is 1. The minimum absolute atomic E-state index is 0.0745. The molecule has 0 aliphatic carbocycles. The second-order valence-corrected chi connectivity index (χ2v) is 8.83. The average molecular weight is 534 g/mol. The van der Waals surface area contributed by atoms with E-state index in [9.17, 15) is 24.9 Å². The number of carboxylic acids is 1. The lowest BCUT2D eigenvalue weighted by molar-refractivity contribution is -0.278. The van der Waals surface area contributed by atoms with E-state index in [-0.39, 0.29) is 12.6 Å². The van der Waals surface area contributed by atoms with E-state index in [4.69, 9.17) is 19.3 Å². The zero-order valence-electron chi connectivity index (χ0n) is 22.5. The highest BCUT2D eigenvalue weighted by atomic mass is 16.7. The molecule has 2 aliphatic heterocycles. The molecule has 1 amide bonds. The Balaban J connectivity index is 0.00000247. The quantitative estimate of drug-likeness (QED) is 0.333. The van der Waals surface area contributed by atoms with Crippen molar-refractivity contribution in [2.75, 3.05) is 6.54 Å². The summed E-state index contributed by atoms with van der Waals surface area (Å²) in [4.78, 5) is 23.6. The van der Waals surface area contributed by atoms with Crippen LogP contribution < -0.4 is 10.1 Å². The minimum atomic E-state index is -1.87.